The van der Waals surface area contributed by atoms with Gasteiger partial charge in [0.05, 0.1) is 16.7 Å². The van der Waals surface area contributed by atoms with Crippen LogP contribution in [0.25, 0.3) is 0 Å². The second-order valence-electron chi connectivity index (χ2n) is 3.65. The molecule has 1 fully saturated rings. The predicted octanol–water partition coefficient (Wildman–Crippen LogP) is 2.51. The monoisotopic (exact) mass is 279 g/mol. The van der Waals surface area contributed by atoms with E-state index in [2.05, 4.69) is 21.0 Å². The summed E-state index contributed by atoms with van der Waals surface area (Å²) in [6.45, 7) is 0. The molecule has 0 amide bonds. The molecule has 3 nitrogen and oxygen atoms in total. The maximum Gasteiger partial charge on any atom is 0.0670 e. The molecule has 2 atom stereocenters. The van der Waals surface area contributed by atoms with Crippen molar-refractivity contribution in [3.63, 3.8) is 0 Å². The first-order valence-corrected chi connectivity index (χ1v) is 5.52. The van der Waals surface area contributed by atoms with Crippen LogP contribution in [0.3, 0.4) is 0 Å². The summed E-state index contributed by atoms with van der Waals surface area (Å²) in [5, 5.41) is 4.28. The van der Waals surface area contributed by atoms with Gasteiger partial charge in [-0.05, 0) is 28.8 Å². The van der Waals surface area contributed by atoms with Gasteiger partial charge in [-0.1, -0.05) is 12.8 Å². The summed E-state index contributed by atoms with van der Waals surface area (Å²) in [5.74, 6) is 0. The Morgan fingerprint density at radius 3 is 2.71 bits per heavy atom. The van der Waals surface area contributed by atoms with E-state index in [0.717, 1.165) is 17.3 Å². The normalized spacial score (nSPS) is 27.0. The molecule has 0 radical (unpaired) electrons. The summed E-state index contributed by atoms with van der Waals surface area (Å²) in [5.41, 5.74) is 6.04. The summed E-state index contributed by atoms with van der Waals surface area (Å²) < 4.78 is 3.03. The van der Waals surface area contributed by atoms with E-state index in [9.17, 15) is 0 Å². The fourth-order valence-electron chi connectivity index (χ4n) is 1.96. The lowest BCUT2D eigenvalue weighted by Gasteiger charge is -2.28. The summed E-state index contributed by atoms with van der Waals surface area (Å²) >= 11 is 3.39. The third-order valence-electron chi connectivity index (χ3n) is 2.69. The Hall–Kier alpha value is -0.0600. The van der Waals surface area contributed by atoms with E-state index in [1.807, 2.05) is 17.1 Å². The van der Waals surface area contributed by atoms with Crippen molar-refractivity contribution in [2.45, 2.75) is 37.8 Å². The standard InChI is InChI=1S/C9H14BrN3.ClH/c10-7-5-12-13(6-7)9-4-2-1-3-8(9)11;/h5-6,8-9H,1-4,11H2;1H. The Morgan fingerprint density at radius 2 is 2.14 bits per heavy atom. The first kappa shape index (κ1) is 12.0. The van der Waals surface area contributed by atoms with Gasteiger partial charge in [0.25, 0.3) is 0 Å². The highest BCUT2D eigenvalue weighted by atomic mass is 79.9. The van der Waals surface area contributed by atoms with Crippen molar-refractivity contribution in [3.8, 4) is 0 Å². The Morgan fingerprint density at radius 1 is 1.43 bits per heavy atom. The van der Waals surface area contributed by atoms with Gasteiger partial charge in [-0.25, -0.2) is 0 Å². The van der Waals surface area contributed by atoms with E-state index in [4.69, 9.17) is 5.73 Å². The smallest absolute Gasteiger partial charge is 0.0670 e. The molecule has 2 N–H and O–H groups in total. The molecule has 1 heterocycles. The van der Waals surface area contributed by atoms with Crippen molar-refractivity contribution in [2.24, 2.45) is 5.73 Å². The van der Waals surface area contributed by atoms with Crippen LogP contribution in [0, 0.1) is 0 Å². The van der Waals surface area contributed by atoms with Crippen molar-refractivity contribution in [2.75, 3.05) is 0 Å². The van der Waals surface area contributed by atoms with Crippen LogP contribution >= 0.6 is 28.3 Å². The fraction of sp³-hybridized carbons (Fsp3) is 0.667. The highest BCUT2D eigenvalue weighted by Gasteiger charge is 2.23. The molecule has 2 unspecified atom stereocenters. The summed E-state index contributed by atoms with van der Waals surface area (Å²) in [6.07, 6.45) is 8.66. The average molecular weight is 281 g/mol. The first-order chi connectivity index (χ1) is 6.27. The van der Waals surface area contributed by atoms with Gasteiger partial charge in [-0.15, -0.1) is 12.4 Å². The van der Waals surface area contributed by atoms with Crippen LogP contribution < -0.4 is 5.73 Å². The average Bonchev–Trinajstić information content (AvgIpc) is 2.53. The van der Waals surface area contributed by atoms with Crippen molar-refractivity contribution < 1.29 is 0 Å². The lowest BCUT2D eigenvalue weighted by atomic mass is 9.91. The second-order valence-corrected chi connectivity index (χ2v) is 4.57. The predicted molar refractivity (Wildman–Crippen MR) is 62.7 cm³/mol. The van der Waals surface area contributed by atoms with Gasteiger partial charge in [0, 0.05) is 12.2 Å². The summed E-state index contributed by atoms with van der Waals surface area (Å²) in [6, 6.07) is 0.681. The highest BCUT2D eigenvalue weighted by molar-refractivity contribution is 9.10. The van der Waals surface area contributed by atoms with Gasteiger partial charge >= 0.3 is 0 Å². The lowest BCUT2D eigenvalue weighted by molar-refractivity contribution is 0.286. The molecule has 1 saturated carbocycles. The van der Waals surface area contributed by atoms with Gasteiger partial charge in [0.2, 0.25) is 0 Å². The molecule has 1 aliphatic rings. The van der Waals surface area contributed by atoms with E-state index < -0.39 is 0 Å². The highest BCUT2D eigenvalue weighted by Crippen LogP contribution is 2.27. The Kier molecular flexibility index (Phi) is 4.41. The van der Waals surface area contributed by atoms with Gasteiger partial charge in [-0.2, -0.15) is 5.10 Å². The van der Waals surface area contributed by atoms with E-state index in [0.29, 0.717) is 6.04 Å². The Bertz CT molecular complexity index is 289. The SMILES string of the molecule is Cl.NC1CCCCC1n1cc(Br)cn1. The zero-order valence-electron chi connectivity index (χ0n) is 7.90. The quantitative estimate of drug-likeness (QED) is 0.859. The molecule has 80 valence electrons. The Balaban J connectivity index is 0.000000980. The van der Waals surface area contributed by atoms with E-state index in [1.165, 1.54) is 12.8 Å². The molecule has 14 heavy (non-hydrogen) atoms. The van der Waals surface area contributed by atoms with Gasteiger partial charge in [-0.3, -0.25) is 4.68 Å². The molecule has 0 saturated heterocycles. The van der Waals surface area contributed by atoms with E-state index in [1.54, 1.807) is 0 Å². The van der Waals surface area contributed by atoms with Gasteiger partial charge < -0.3 is 5.73 Å². The third kappa shape index (κ3) is 2.49. The van der Waals surface area contributed by atoms with E-state index >= 15 is 0 Å². The minimum Gasteiger partial charge on any atom is -0.326 e. The number of nitrogens with two attached hydrogens (primary N) is 1. The largest absolute Gasteiger partial charge is 0.326 e. The zero-order chi connectivity index (χ0) is 9.26. The van der Waals surface area contributed by atoms with Gasteiger partial charge in [0.15, 0.2) is 0 Å². The molecule has 0 aromatic carbocycles. The van der Waals surface area contributed by atoms with Gasteiger partial charge in [0.1, 0.15) is 0 Å². The molecule has 0 bridgehead atoms. The van der Waals surface area contributed by atoms with Crippen molar-refractivity contribution >= 4 is 28.3 Å². The van der Waals surface area contributed by atoms with Crippen LogP contribution in [0.1, 0.15) is 31.7 Å². The van der Waals surface area contributed by atoms with Crippen molar-refractivity contribution in [1.29, 1.82) is 0 Å². The maximum atomic E-state index is 6.04. The molecular weight excluding hydrogens is 265 g/mol. The van der Waals surface area contributed by atoms with Crippen LogP contribution in [0.5, 0.6) is 0 Å². The first-order valence-electron chi connectivity index (χ1n) is 4.72. The molecule has 1 aliphatic carbocycles. The number of rotatable bonds is 1. The lowest BCUT2D eigenvalue weighted by Crippen LogP contribution is -2.35. The van der Waals surface area contributed by atoms with Crippen LogP contribution in [-0.2, 0) is 0 Å². The number of nitrogens with zero attached hydrogens (tertiary/aromatic N) is 2. The molecular formula is C9H15BrClN3. The second kappa shape index (κ2) is 5.14. The number of hydrogen-bond acceptors (Lipinski definition) is 2. The molecule has 2 rings (SSSR count). The maximum absolute atomic E-state index is 6.04. The fourth-order valence-corrected chi connectivity index (χ4v) is 2.27. The molecule has 5 heteroatoms. The summed E-state index contributed by atoms with van der Waals surface area (Å²) in [7, 11) is 0. The molecule has 0 aliphatic heterocycles. The van der Waals surface area contributed by atoms with Crippen molar-refractivity contribution in [3.05, 3.63) is 16.9 Å². The summed E-state index contributed by atoms with van der Waals surface area (Å²) in [4.78, 5) is 0. The van der Waals surface area contributed by atoms with Crippen LogP contribution in [0.2, 0.25) is 0 Å². The van der Waals surface area contributed by atoms with Crippen molar-refractivity contribution in [1.82, 2.24) is 9.78 Å². The Labute approximate surface area is 98.6 Å². The van der Waals surface area contributed by atoms with Crippen LogP contribution in [-0.4, -0.2) is 15.8 Å². The third-order valence-corrected chi connectivity index (χ3v) is 3.10. The molecule has 0 spiro atoms. The zero-order valence-corrected chi connectivity index (χ0v) is 10.3. The minimum absolute atomic E-state index is 0. The number of halogens is 2. The molecule has 1 aromatic heterocycles. The van der Waals surface area contributed by atoms with E-state index in [-0.39, 0.29) is 18.4 Å². The topological polar surface area (TPSA) is 43.8 Å². The van der Waals surface area contributed by atoms with Crippen LogP contribution in [0.15, 0.2) is 16.9 Å². The number of aromatic nitrogens is 2. The minimum atomic E-state index is 0. The molecule has 1 aromatic rings. The van der Waals surface area contributed by atoms with Crippen LogP contribution in [0.4, 0.5) is 0 Å². The number of hydrogen-bond donors (Lipinski definition) is 1.